The summed E-state index contributed by atoms with van der Waals surface area (Å²) in [5, 5.41) is 9.39. The van der Waals surface area contributed by atoms with Crippen molar-refractivity contribution in [1.82, 2.24) is 0 Å². The van der Waals surface area contributed by atoms with Crippen molar-refractivity contribution < 1.29 is 33.8 Å². The summed E-state index contributed by atoms with van der Waals surface area (Å²) >= 11 is 0. The van der Waals surface area contributed by atoms with E-state index >= 15 is 0 Å². The summed E-state index contributed by atoms with van der Waals surface area (Å²) in [5.41, 5.74) is -0.298. The third kappa shape index (κ3) is 5.20. The van der Waals surface area contributed by atoms with E-state index in [0.29, 0.717) is 23.5 Å². The smallest absolute Gasteiger partial charge is 0.343 e. The van der Waals surface area contributed by atoms with E-state index in [1.54, 1.807) is 18.2 Å². The number of carbonyl (C=O) groups excluding carboxylic acids is 4. The van der Waals surface area contributed by atoms with Crippen molar-refractivity contribution >= 4 is 23.3 Å². The molecule has 0 spiro atoms. The maximum atomic E-state index is 13.1. The van der Waals surface area contributed by atoms with Crippen LogP contribution >= 0.6 is 0 Å². The Balaban J connectivity index is 1.74. The first-order valence-corrected chi connectivity index (χ1v) is 11.2. The highest BCUT2D eigenvalue weighted by Crippen LogP contribution is 2.46. The van der Waals surface area contributed by atoms with Crippen LogP contribution in [0.1, 0.15) is 46.5 Å². The molecule has 3 aliphatic rings. The maximum Gasteiger partial charge on any atom is 0.343 e. The zero-order valence-electron chi connectivity index (χ0n) is 19.3. The number of ether oxygens (including phenoxy) is 2. The van der Waals surface area contributed by atoms with Gasteiger partial charge in [0.15, 0.2) is 17.2 Å². The number of aliphatic hydroxyl groups is 1. The van der Waals surface area contributed by atoms with Gasteiger partial charge in [-0.05, 0) is 31.8 Å². The lowest BCUT2D eigenvalue weighted by Crippen LogP contribution is -2.45. The highest BCUT2D eigenvalue weighted by atomic mass is 16.6. The summed E-state index contributed by atoms with van der Waals surface area (Å²) in [6, 6.07) is 0. The second-order valence-electron chi connectivity index (χ2n) is 8.76. The van der Waals surface area contributed by atoms with Gasteiger partial charge in [0.05, 0.1) is 25.7 Å². The number of carbonyl (C=O) groups is 4. The van der Waals surface area contributed by atoms with Gasteiger partial charge in [0, 0.05) is 11.1 Å². The minimum atomic E-state index is -1.56. The third-order valence-electron chi connectivity index (χ3n) is 6.36. The maximum absolute atomic E-state index is 13.1. The second-order valence-corrected chi connectivity index (χ2v) is 8.76. The van der Waals surface area contributed by atoms with Gasteiger partial charge in [0.2, 0.25) is 5.78 Å². The molecule has 0 aromatic heterocycles. The van der Waals surface area contributed by atoms with Crippen LogP contribution in [0, 0.1) is 5.92 Å². The molecule has 0 amide bonds. The summed E-state index contributed by atoms with van der Waals surface area (Å²) in [4.78, 5) is 50.8. The number of ketones is 3. The molecule has 3 rings (SSSR count). The van der Waals surface area contributed by atoms with E-state index in [9.17, 15) is 24.3 Å². The Morgan fingerprint density at radius 3 is 2.64 bits per heavy atom. The van der Waals surface area contributed by atoms with Crippen LogP contribution in [0.2, 0.25) is 0 Å². The van der Waals surface area contributed by atoms with Gasteiger partial charge in [-0.1, -0.05) is 56.2 Å². The average Bonchev–Trinajstić information content (AvgIpc) is 3.05. The predicted octanol–water partition coefficient (Wildman–Crippen LogP) is 2.89. The Morgan fingerprint density at radius 1 is 1.21 bits per heavy atom. The predicted molar refractivity (Wildman–Crippen MR) is 121 cm³/mol. The minimum Gasteiger partial charge on any atom is -0.443 e. The molecule has 2 aliphatic heterocycles. The number of hydrogen-bond acceptors (Lipinski definition) is 7. The number of rotatable bonds is 9. The molecule has 3 unspecified atom stereocenters. The SMILES string of the molecule is CCC(C)C=C/C=C/C=C/C(=O)CC(=O)C1=C2CC3=C(COC(CO)C3)C(=O)C2(C)OC1=O. The number of fused-ring (bicyclic) bond motifs is 1. The van der Waals surface area contributed by atoms with E-state index in [1.165, 1.54) is 13.0 Å². The largest absolute Gasteiger partial charge is 0.443 e. The normalized spacial score (nSPS) is 26.4. The number of allylic oxidation sites excluding steroid dienone is 6. The molecule has 0 bridgehead atoms. The first-order chi connectivity index (χ1) is 15.7. The molecule has 176 valence electrons. The quantitative estimate of drug-likeness (QED) is 0.188. The summed E-state index contributed by atoms with van der Waals surface area (Å²) in [7, 11) is 0. The van der Waals surface area contributed by atoms with Crippen LogP contribution in [0.15, 0.2) is 58.7 Å². The number of hydrogen-bond donors (Lipinski definition) is 1. The summed E-state index contributed by atoms with van der Waals surface area (Å²) < 4.78 is 10.8. The van der Waals surface area contributed by atoms with Gasteiger partial charge in [-0.15, -0.1) is 0 Å². The number of esters is 1. The van der Waals surface area contributed by atoms with Crippen LogP contribution in [-0.4, -0.2) is 53.3 Å². The van der Waals surface area contributed by atoms with Gasteiger partial charge in [-0.3, -0.25) is 14.4 Å². The van der Waals surface area contributed by atoms with Crippen molar-refractivity contribution in [2.75, 3.05) is 13.2 Å². The first kappa shape index (κ1) is 24.7. The fourth-order valence-corrected chi connectivity index (χ4v) is 4.15. The zero-order valence-corrected chi connectivity index (χ0v) is 19.3. The third-order valence-corrected chi connectivity index (χ3v) is 6.36. The zero-order chi connectivity index (χ0) is 24.2. The molecule has 1 aliphatic carbocycles. The van der Waals surface area contributed by atoms with Crippen LogP contribution in [-0.2, 0) is 28.7 Å². The van der Waals surface area contributed by atoms with Gasteiger partial charge in [0.1, 0.15) is 5.57 Å². The van der Waals surface area contributed by atoms with Crippen LogP contribution < -0.4 is 0 Å². The van der Waals surface area contributed by atoms with E-state index in [-0.39, 0.29) is 25.2 Å². The van der Waals surface area contributed by atoms with Crippen LogP contribution in [0.25, 0.3) is 0 Å². The lowest BCUT2D eigenvalue weighted by atomic mass is 9.73. The van der Waals surface area contributed by atoms with Crippen molar-refractivity contribution in [3.8, 4) is 0 Å². The van der Waals surface area contributed by atoms with E-state index in [2.05, 4.69) is 19.9 Å². The summed E-state index contributed by atoms with van der Waals surface area (Å²) in [5.74, 6) is -1.92. The molecule has 7 heteroatoms. The van der Waals surface area contributed by atoms with Crippen molar-refractivity contribution in [2.45, 2.75) is 58.2 Å². The van der Waals surface area contributed by atoms with Crippen LogP contribution in [0.3, 0.4) is 0 Å². The lowest BCUT2D eigenvalue weighted by molar-refractivity contribution is -0.154. The Kier molecular flexibility index (Phi) is 7.76. The van der Waals surface area contributed by atoms with E-state index < -0.39 is 41.4 Å². The van der Waals surface area contributed by atoms with Crippen molar-refractivity contribution in [2.24, 2.45) is 5.92 Å². The standard InChI is InChI=1S/C26H30O7/c1-4-16(2)9-7-5-6-8-10-18(28)13-22(29)23-21-12-17-11-19(14-27)32-15-20(17)24(30)26(21,3)33-25(23)31/h5-10,16,19,27H,4,11-15H2,1-3H3/b6-5+,9-7?,10-8+. The summed E-state index contributed by atoms with van der Waals surface area (Å²) in [6.45, 7) is 5.53. The molecule has 0 saturated heterocycles. The molecule has 0 aromatic carbocycles. The van der Waals surface area contributed by atoms with Gasteiger partial charge < -0.3 is 14.6 Å². The average molecular weight is 455 g/mol. The van der Waals surface area contributed by atoms with E-state index in [1.807, 2.05) is 6.08 Å². The molecular formula is C26H30O7. The molecule has 3 atom stereocenters. The van der Waals surface area contributed by atoms with E-state index in [0.717, 1.165) is 12.0 Å². The number of Topliss-reactive ketones (excluding diaryl/α,β-unsaturated/α-hetero) is 2. The van der Waals surface area contributed by atoms with Crippen molar-refractivity contribution in [1.29, 1.82) is 0 Å². The molecule has 7 nitrogen and oxygen atoms in total. The second kappa shape index (κ2) is 10.4. The molecule has 33 heavy (non-hydrogen) atoms. The lowest BCUT2D eigenvalue weighted by Gasteiger charge is -2.36. The first-order valence-electron chi connectivity index (χ1n) is 11.2. The monoisotopic (exact) mass is 454 g/mol. The fraction of sp³-hybridized carbons (Fsp3) is 0.462. The molecule has 0 radical (unpaired) electrons. The van der Waals surface area contributed by atoms with E-state index in [4.69, 9.17) is 9.47 Å². The Bertz CT molecular complexity index is 1010. The molecular weight excluding hydrogens is 424 g/mol. The fourth-order valence-electron chi connectivity index (χ4n) is 4.15. The molecule has 0 aromatic rings. The van der Waals surface area contributed by atoms with Crippen LogP contribution in [0.5, 0.6) is 0 Å². The minimum absolute atomic E-state index is 0.0342. The van der Waals surface area contributed by atoms with Crippen LogP contribution in [0.4, 0.5) is 0 Å². The summed E-state index contributed by atoms with van der Waals surface area (Å²) in [6.07, 6.45) is 11.0. The van der Waals surface area contributed by atoms with Gasteiger partial charge in [-0.25, -0.2) is 4.79 Å². The number of aliphatic hydroxyl groups excluding tert-OH is 1. The molecule has 0 saturated carbocycles. The Hall–Kier alpha value is -2.90. The molecule has 0 fully saturated rings. The van der Waals surface area contributed by atoms with Gasteiger partial charge >= 0.3 is 5.97 Å². The van der Waals surface area contributed by atoms with Gasteiger partial charge in [0.25, 0.3) is 0 Å². The Morgan fingerprint density at radius 2 is 1.94 bits per heavy atom. The Labute approximate surface area is 193 Å². The highest BCUT2D eigenvalue weighted by molar-refractivity contribution is 6.27. The highest BCUT2D eigenvalue weighted by Gasteiger charge is 2.55. The topological polar surface area (TPSA) is 107 Å². The molecule has 1 N–H and O–H groups in total. The van der Waals surface area contributed by atoms with Crippen molar-refractivity contribution in [3.63, 3.8) is 0 Å². The molecule has 2 heterocycles. The van der Waals surface area contributed by atoms with Gasteiger partial charge in [-0.2, -0.15) is 0 Å². The van der Waals surface area contributed by atoms with Crippen molar-refractivity contribution in [3.05, 3.63) is 58.7 Å².